The molecule has 1 N–H and O–H groups in total. The maximum Gasteiger partial charge on any atom is 0.270 e. The van der Waals surface area contributed by atoms with E-state index in [4.69, 9.17) is 44.9 Å². The van der Waals surface area contributed by atoms with Crippen LogP contribution < -0.4 is 19.7 Å². The first-order chi connectivity index (χ1) is 18.2. The molecule has 0 aromatic heterocycles. The van der Waals surface area contributed by atoms with Crippen molar-refractivity contribution in [1.29, 1.82) is 0 Å². The van der Waals surface area contributed by atoms with Crippen LogP contribution in [0.15, 0.2) is 59.5 Å². The van der Waals surface area contributed by atoms with E-state index in [1.54, 1.807) is 47.4 Å². The van der Waals surface area contributed by atoms with Crippen LogP contribution in [-0.2, 0) is 9.59 Å². The average molecular weight is 588 g/mol. The fourth-order valence-electron chi connectivity index (χ4n) is 3.81. The lowest BCUT2D eigenvalue weighted by molar-refractivity contribution is -0.118. The van der Waals surface area contributed by atoms with Crippen molar-refractivity contribution in [2.75, 3.05) is 23.4 Å². The first-order valence-electron chi connectivity index (χ1n) is 11.7. The normalized spacial score (nSPS) is 14.2. The molecular formula is C28H24Cl2N2O4S2. The average Bonchev–Trinajstić information content (AvgIpc) is 3.13. The highest BCUT2D eigenvalue weighted by atomic mass is 35.5. The molecule has 0 saturated carbocycles. The van der Waals surface area contributed by atoms with Crippen LogP contribution in [0.5, 0.6) is 11.5 Å². The molecule has 0 radical (unpaired) electrons. The number of hydrogen-bond acceptors (Lipinski definition) is 6. The molecule has 1 aliphatic rings. The maximum atomic E-state index is 13.2. The predicted molar refractivity (Wildman–Crippen MR) is 160 cm³/mol. The summed E-state index contributed by atoms with van der Waals surface area (Å²) in [7, 11) is 0. The molecule has 10 heteroatoms. The van der Waals surface area contributed by atoms with E-state index in [1.165, 1.54) is 11.8 Å². The molecule has 3 aromatic rings. The van der Waals surface area contributed by atoms with Gasteiger partial charge in [0.05, 0.1) is 27.9 Å². The van der Waals surface area contributed by atoms with Gasteiger partial charge in [-0.05, 0) is 74.4 Å². The fraction of sp³-hybridized carbons (Fsp3) is 0.179. The number of halogens is 2. The van der Waals surface area contributed by atoms with Crippen LogP contribution in [0.4, 0.5) is 11.4 Å². The molecule has 0 atom stereocenters. The summed E-state index contributed by atoms with van der Waals surface area (Å²) in [5, 5.41) is 3.49. The fourth-order valence-corrected chi connectivity index (χ4v) is 5.55. The van der Waals surface area contributed by atoms with Crippen molar-refractivity contribution in [2.24, 2.45) is 0 Å². The Labute approximate surface area is 240 Å². The number of thioether (sulfide) groups is 1. The zero-order valence-electron chi connectivity index (χ0n) is 20.8. The lowest BCUT2D eigenvalue weighted by atomic mass is 10.1. The van der Waals surface area contributed by atoms with E-state index in [1.807, 2.05) is 39.0 Å². The minimum Gasteiger partial charge on any atom is -0.490 e. The largest absolute Gasteiger partial charge is 0.490 e. The predicted octanol–water partition coefficient (Wildman–Crippen LogP) is 7.43. The second kappa shape index (κ2) is 12.2. The molecule has 2 amide bonds. The molecule has 0 bridgehead atoms. The van der Waals surface area contributed by atoms with E-state index in [-0.39, 0.29) is 12.5 Å². The third kappa shape index (κ3) is 6.50. The van der Waals surface area contributed by atoms with Crippen LogP contribution >= 0.6 is 47.2 Å². The highest BCUT2D eigenvalue weighted by molar-refractivity contribution is 8.27. The summed E-state index contributed by atoms with van der Waals surface area (Å²) in [6.07, 6.45) is 1.77. The Kier molecular flexibility index (Phi) is 8.99. The monoisotopic (exact) mass is 586 g/mol. The quantitative estimate of drug-likeness (QED) is 0.218. The number of carbonyl (C=O) groups excluding carboxylic acids is 2. The Morgan fingerprint density at radius 2 is 1.84 bits per heavy atom. The van der Waals surface area contributed by atoms with E-state index < -0.39 is 5.91 Å². The highest BCUT2D eigenvalue weighted by Gasteiger charge is 2.34. The third-order valence-corrected chi connectivity index (χ3v) is 7.37. The molecule has 1 heterocycles. The molecule has 6 nitrogen and oxygen atoms in total. The number of thiocarbonyl (C=S) groups is 1. The van der Waals surface area contributed by atoms with Gasteiger partial charge in [-0.3, -0.25) is 14.5 Å². The van der Waals surface area contributed by atoms with E-state index in [2.05, 4.69) is 5.32 Å². The number of ether oxygens (including phenoxy) is 2. The zero-order chi connectivity index (χ0) is 27.4. The molecule has 0 unspecified atom stereocenters. The van der Waals surface area contributed by atoms with Gasteiger partial charge in [-0.25, -0.2) is 0 Å². The number of nitrogens with zero attached hydrogens (tertiary/aromatic N) is 1. The van der Waals surface area contributed by atoms with Crippen LogP contribution in [0.25, 0.3) is 6.08 Å². The van der Waals surface area contributed by atoms with Gasteiger partial charge in [-0.15, -0.1) is 0 Å². The molecule has 0 spiro atoms. The van der Waals surface area contributed by atoms with E-state index in [0.29, 0.717) is 43.1 Å². The Morgan fingerprint density at radius 1 is 1.05 bits per heavy atom. The van der Waals surface area contributed by atoms with Crippen LogP contribution in [0.3, 0.4) is 0 Å². The summed E-state index contributed by atoms with van der Waals surface area (Å²) in [6, 6.07) is 15.9. The Balaban J connectivity index is 1.49. The maximum absolute atomic E-state index is 13.2. The van der Waals surface area contributed by atoms with Crippen LogP contribution in [0.1, 0.15) is 23.6 Å². The summed E-state index contributed by atoms with van der Waals surface area (Å²) in [5.74, 6) is 0.270. The Hall–Kier alpha value is -3.04. The number of amides is 2. The topological polar surface area (TPSA) is 67.9 Å². The molecular weight excluding hydrogens is 563 g/mol. The van der Waals surface area contributed by atoms with Crippen molar-refractivity contribution >= 4 is 80.8 Å². The van der Waals surface area contributed by atoms with Gasteiger partial charge >= 0.3 is 0 Å². The minimum absolute atomic E-state index is 0.178. The van der Waals surface area contributed by atoms with E-state index in [9.17, 15) is 9.59 Å². The van der Waals surface area contributed by atoms with Crippen molar-refractivity contribution in [3.8, 4) is 11.5 Å². The molecule has 1 aliphatic heterocycles. The van der Waals surface area contributed by atoms with Crippen molar-refractivity contribution in [3.05, 3.63) is 86.2 Å². The molecule has 4 rings (SSSR count). The van der Waals surface area contributed by atoms with Gasteiger partial charge in [-0.1, -0.05) is 70.9 Å². The summed E-state index contributed by atoms with van der Waals surface area (Å²) in [4.78, 5) is 27.7. The second-order valence-electron chi connectivity index (χ2n) is 8.41. The van der Waals surface area contributed by atoms with Gasteiger partial charge in [0.25, 0.3) is 11.8 Å². The van der Waals surface area contributed by atoms with Gasteiger partial charge in [0.1, 0.15) is 0 Å². The Bertz CT molecular complexity index is 1460. The van der Waals surface area contributed by atoms with Gasteiger partial charge in [0.2, 0.25) is 0 Å². The zero-order valence-corrected chi connectivity index (χ0v) is 24.0. The molecule has 0 aliphatic carbocycles. The molecule has 1 saturated heterocycles. The SMILES string of the molecule is CCOc1cc(/C=C2\SC(=S)N(c3ccc(C)cc3C)C2=O)ccc1OCC(=O)Nc1ccc(Cl)cc1Cl. The van der Waals surface area contributed by atoms with Crippen molar-refractivity contribution < 1.29 is 19.1 Å². The first kappa shape index (κ1) is 28.0. The molecule has 38 heavy (non-hydrogen) atoms. The number of anilines is 2. The number of rotatable bonds is 8. The number of hydrogen-bond donors (Lipinski definition) is 1. The summed E-state index contributed by atoms with van der Waals surface area (Å²) < 4.78 is 11.9. The van der Waals surface area contributed by atoms with Crippen molar-refractivity contribution in [3.63, 3.8) is 0 Å². The van der Waals surface area contributed by atoms with E-state index >= 15 is 0 Å². The number of benzene rings is 3. The van der Waals surface area contributed by atoms with Gasteiger partial charge < -0.3 is 14.8 Å². The highest BCUT2D eigenvalue weighted by Crippen LogP contribution is 2.38. The minimum atomic E-state index is -0.393. The second-order valence-corrected chi connectivity index (χ2v) is 10.9. The van der Waals surface area contributed by atoms with E-state index in [0.717, 1.165) is 22.4 Å². The van der Waals surface area contributed by atoms with Gasteiger partial charge in [-0.2, -0.15) is 0 Å². The summed E-state index contributed by atoms with van der Waals surface area (Å²) in [6.45, 7) is 5.95. The van der Waals surface area contributed by atoms with Gasteiger partial charge in [0.15, 0.2) is 22.4 Å². The van der Waals surface area contributed by atoms with Crippen LogP contribution in [-0.4, -0.2) is 29.3 Å². The molecule has 3 aromatic carbocycles. The summed E-state index contributed by atoms with van der Waals surface area (Å²) in [5.41, 5.74) is 4.04. The van der Waals surface area contributed by atoms with Crippen LogP contribution in [0.2, 0.25) is 10.0 Å². The standard InChI is InChI=1S/C28H24Cl2N2O4S2/c1-4-35-24-12-18(6-10-23(24)36-15-26(33)31-21-8-7-19(29)14-20(21)30)13-25-27(34)32(28(37)38-25)22-9-5-16(2)11-17(22)3/h5-14H,4,15H2,1-3H3,(H,31,33)/b25-13-. The van der Waals surface area contributed by atoms with Crippen molar-refractivity contribution in [1.82, 2.24) is 0 Å². The molecule has 196 valence electrons. The number of carbonyl (C=O) groups is 2. The smallest absolute Gasteiger partial charge is 0.270 e. The van der Waals surface area contributed by atoms with Crippen molar-refractivity contribution in [2.45, 2.75) is 20.8 Å². The van der Waals surface area contributed by atoms with Crippen LogP contribution in [0, 0.1) is 13.8 Å². The van der Waals surface area contributed by atoms with Gasteiger partial charge in [0, 0.05) is 5.02 Å². The number of aryl methyl sites for hydroxylation is 2. The third-order valence-electron chi connectivity index (χ3n) is 5.52. The first-order valence-corrected chi connectivity index (χ1v) is 13.6. The molecule has 1 fully saturated rings. The Morgan fingerprint density at radius 3 is 2.55 bits per heavy atom. The lowest BCUT2D eigenvalue weighted by Crippen LogP contribution is -2.28. The lowest BCUT2D eigenvalue weighted by Gasteiger charge is -2.17. The summed E-state index contributed by atoms with van der Waals surface area (Å²) >= 11 is 18.8. The number of nitrogens with one attached hydrogen (secondary N) is 1.